The van der Waals surface area contributed by atoms with Gasteiger partial charge in [0.2, 0.25) is 0 Å². The number of hydrogen-bond acceptors (Lipinski definition) is 7. The third kappa shape index (κ3) is 3.53. The number of aromatic nitrogens is 3. The molecule has 4 rings (SSSR count). The fourth-order valence-corrected chi connectivity index (χ4v) is 4.42. The first kappa shape index (κ1) is 17.6. The van der Waals surface area contributed by atoms with Gasteiger partial charge < -0.3 is 4.90 Å². The molecule has 1 N–H and O–H groups in total. The Bertz CT molecular complexity index is 1070. The van der Waals surface area contributed by atoms with E-state index in [-0.39, 0.29) is 23.1 Å². The van der Waals surface area contributed by atoms with Crippen molar-refractivity contribution in [1.29, 1.82) is 0 Å². The molecule has 10 heteroatoms. The lowest BCUT2D eigenvalue weighted by Crippen LogP contribution is -2.37. The Morgan fingerprint density at radius 2 is 2.11 bits per heavy atom. The van der Waals surface area contributed by atoms with Crippen molar-refractivity contribution in [1.82, 2.24) is 19.7 Å². The Morgan fingerprint density at radius 3 is 2.85 bits per heavy atom. The van der Waals surface area contributed by atoms with Crippen molar-refractivity contribution in [2.24, 2.45) is 7.05 Å². The molecule has 27 heavy (non-hydrogen) atoms. The second-order valence-corrected chi connectivity index (χ2v) is 7.88. The van der Waals surface area contributed by atoms with Gasteiger partial charge in [-0.05, 0) is 17.5 Å². The van der Waals surface area contributed by atoms with Gasteiger partial charge in [0.25, 0.3) is 17.4 Å². The zero-order valence-corrected chi connectivity index (χ0v) is 16.0. The first-order valence-corrected chi connectivity index (χ1v) is 9.93. The largest absolute Gasteiger partial charge is 0.332 e. The van der Waals surface area contributed by atoms with Crippen LogP contribution in [0.4, 0.5) is 5.13 Å². The van der Waals surface area contributed by atoms with Crippen LogP contribution >= 0.6 is 22.7 Å². The smallest absolute Gasteiger partial charge is 0.274 e. The molecule has 8 nitrogen and oxygen atoms in total. The highest BCUT2D eigenvalue weighted by atomic mass is 32.1. The van der Waals surface area contributed by atoms with Gasteiger partial charge in [-0.3, -0.25) is 19.7 Å². The molecule has 3 aromatic heterocycles. The van der Waals surface area contributed by atoms with Gasteiger partial charge in [-0.1, -0.05) is 11.3 Å². The number of carbonyl (C=O) groups is 2. The number of amides is 2. The number of fused-ring (bicyclic) bond motifs is 1. The maximum Gasteiger partial charge on any atom is 0.274 e. The fraction of sp³-hybridized carbons (Fsp3) is 0.235. The highest BCUT2D eigenvalue weighted by Gasteiger charge is 2.26. The molecule has 0 atom stereocenters. The minimum absolute atomic E-state index is 0.190. The molecule has 0 saturated heterocycles. The number of carbonyl (C=O) groups excluding carboxylic acids is 2. The van der Waals surface area contributed by atoms with E-state index in [0.717, 1.165) is 15.3 Å². The number of thiazole rings is 1. The van der Waals surface area contributed by atoms with Gasteiger partial charge in [0.15, 0.2) is 5.13 Å². The van der Waals surface area contributed by atoms with Crippen LogP contribution in [0.3, 0.4) is 0 Å². The molecule has 1 aliphatic rings. The van der Waals surface area contributed by atoms with E-state index in [4.69, 9.17) is 0 Å². The van der Waals surface area contributed by atoms with Crippen LogP contribution in [0.1, 0.15) is 31.4 Å². The first-order chi connectivity index (χ1) is 13.0. The van der Waals surface area contributed by atoms with Crippen LogP contribution < -0.4 is 10.9 Å². The highest BCUT2D eigenvalue weighted by Crippen LogP contribution is 2.29. The van der Waals surface area contributed by atoms with Crippen molar-refractivity contribution < 1.29 is 9.59 Å². The van der Waals surface area contributed by atoms with Crippen molar-refractivity contribution in [3.8, 4) is 0 Å². The summed E-state index contributed by atoms with van der Waals surface area (Å²) in [5, 5.41) is 11.0. The Kier molecular flexibility index (Phi) is 4.58. The van der Waals surface area contributed by atoms with E-state index in [1.54, 1.807) is 16.3 Å². The average molecular weight is 401 g/mol. The number of aryl methyl sites for hydroxylation is 1. The molecule has 0 unspecified atom stereocenters. The number of anilines is 1. The third-order valence-corrected chi connectivity index (χ3v) is 5.88. The summed E-state index contributed by atoms with van der Waals surface area (Å²) < 4.78 is 1.15. The SMILES string of the molecule is Cn1nc(C(=O)N2CCc3nc(NC(=O)c4ccsc4)sc3C2)ccc1=O. The summed E-state index contributed by atoms with van der Waals surface area (Å²) in [6, 6.07) is 4.54. The zero-order valence-electron chi connectivity index (χ0n) is 14.3. The molecule has 1 aliphatic heterocycles. The van der Waals surface area contributed by atoms with Crippen LogP contribution in [0, 0.1) is 0 Å². The monoisotopic (exact) mass is 401 g/mol. The maximum atomic E-state index is 12.7. The molecule has 4 heterocycles. The van der Waals surface area contributed by atoms with E-state index < -0.39 is 0 Å². The second kappa shape index (κ2) is 7.05. The summed E-state index contributed by atoms with van der Waals surface area (Å²) in [5.41, 5.74) is 1.47. The number of hydrogen-bond donors (Lipinski definition) is 1. The van der Waals surface area contributed by atoms with Gasteiger partial charge in [-0.15, -0.1) is 0 Å². The van der Waals surface area contributed by atoms with Gasteiger partial charge >= 0.3 is 0 Å². The highest BCUT2D eigenvalue weighted by molar-refractivity contribution is 7.16. The number of thiophene rings is 1. The van der Waals surface area contributed by atoms with E-state index in [1.807, 2.05) is 5.38 Å². The van der Waals surface area contributed by atoms with Crippen molar-refractivity contribution in [3.05, 3.63) is 61.1 Å². The van der Waals surface area contributed by atoms with Crippen LogP contribution in [-0.4, -0.2) is 38.0 Å². The molecule has 0 spiro atoms. The summed E-state index contributed by atoms with van der Waals surface area (Å²) in [5.74, 6) is -0.418. The van der Waals surface area contributed by atoms with Crippen LogP contribution in [-0.2, 0) is 20.0 Å². The lowest BCUT2D eigenvalue weighted by molar-refractivity contribution is 0.0727. The molecule has 138 valence electrons. The van der Waals surface area contributed by atoms with Gasteiger partial charge in [0.1, 0.15) is 5.69 Å². The molecule has 0 fully saturated rings. The van der Waals surface area contributed by atoms with Crippen molar-refractivity contribution >= 4 is 39.6 Å². The van der Waals surface area contributed by atoms with Crippen LogP contribution in [0.15, 0.2) is 33.8 Å². The summed E-state index contributed by atoms with van der Waals surface area (Å²) in [4.78, 5) is 43.4. The van der Waals surface area contributed by atoms with E-state index >= 15 is 0 Å². The summed E-state index contributed by atoms with van der Waals surface area (Å²) >= 11 is 2.83. The van der Waals surface area contributed by atoms with Gasteiger partial charge in [-0.25, -0.2) is 9.67 Å². The predicted molar refractivity (Wildman–Crippen MR) is 102 cm³/mol. The minimum Gasteiger partial charge on any atom is -0.332 e. The summed E-state index contributed by atoms with van der Waals surface area (Å²) in [6.45, 7) is 0.919. The standard InChI is InChI=1S/C17H15N5O3S2/c1-21-14(23)3-2-12(20-21)16(25)22-6-4-11-13(8-22)27-17(18-11)19-15(24)10-5-7-26-9-10/h2-3,5,7,9H,4,6,8H2,1H3,(H,18,19,24). The van der Waals surface area contributed by atoms with E-state index in [2.05, 4.69) is 15.4 Å². The quantitative estimate of drug-likeness (QED) is 0.721. The van der Waals surface area contributed by atoms with Crippen molar-refractivity contribution in [3.63, 3.8) is 0 Å². The molecule has 0 saturated carbocycles. The lowest BCUT2D eigenvalue weighted by atomic mass is 10.1. The van der Waals surface area contributed by atoms with Gasteiger partial charge in [-0.2, -0.15) is 16.4 Å². The number of rotatable bonds is 3. The topological polar surface area (TPSA) is 97.2 Å². The molecule has 0 aliphatic carbocycles. The number of nitrogens with zero attached hydrogens (tertiary/aromatic N) is 4. The number of nitrogens with one attached hydrogen (secondary N) is 1. The summed E-state index contributed by atoms with van der Waals surface area (Å²) in [7, 11) is 1.51. The van der Waals surface area contributed by atoms with E-state index in [9.17, 15) is 14.4 Å². The van der Waals surface area contributed by atoms with Crippen LogP contribution in [0.2, 0.25) is 0 Å². The van der Waals surface area contributed by atoms with Crippen molar-refractivity contribution in [2.45, 2.75) is 13.0 Å². The molecular formula is C17H15N5O3S2. The van der Waals surface area contributed by atoms with Crippen LogP contribution in [0.25, 0.3) is 0 Å². The average Bonchev–Trinajstić information content (AvgIpc) is 3.32. The normalized spacial score (nSPS) is 13.3. The van der Waals surface area contributed by atoms with E-state index in [1.165, 1.54) is 41.9 Å². The molecule has 2 amide bonds. The van der Waals surface area contributed by atoms with Gasteiger partial charge in [0, 0.05) is 36.3 Å². The zero-order chi connectivity index (χ0) is 19.0. The molecule has 3 aromatic rings. The Balaban J connectivity index is 1.49. The Labute approximate surface area is 162 Å². The van der Waals surface area contributed by atoms with Gasteiger partial charge in [0.05, 0.1) is 17.8 Å². The first-order valence-electron chi connectivity index (χ1n) is 8.17. The molecular weight excluding hydrogens is 386 g/mol. The third-order valence-electron chi connectivity index (χ3n) is 4.20. The molecule has 0 bridgehead atoms. The molecule has 0 radical (unpaired) electrons. The maximum absolute atomic E-state index is 12.7. The lowest BCUT2D eigenvalue weighted by Gasteiger charge is -2.25. The molecule has 0 aromatic carbocycles. The predicted octanol–water partition coefficient (Wildman–Crippen LogP) is 1.75. The van der Waals surface area contributed by atoms with E-state index in [0.29, 0.717) is 30.2 Å². The van der Waals surface area contributed by atoms with Crippen LogP contribution in [0.5, 0.6) is 0 Å². The summed E-state index contributed by atoms with van der Waals surface area (Å²) in [6.07, 6.45) is 0.609. The fourth-order valence-electron chi connectivity index (χ4n) is 2.76. The Hall–Kier alpha value is -2.85. The van der Waals surface area contributed by atoms with Crippen molar-refractivity contribution in [2.75, 3.05) is 11.9 Å². The Morgan fingerprint density at radius 1 is 1.26 bits per heavy atom. The second-order valence-electron chi connectivity index (χ2n) is 6.01. The minimum atomic E-state index is -0.263.